The fourth-order valence-electron chi connectivity index (χ4n) is 1.57. The summed E-state index contributed by atoms with van der Waals surface area (Å²) in [7, 11) is 0. The third kappa shape index (κ3) is 5.40. The summed E-state index contributed by atoms with van der Waals surface area (Å²) in [4.78, 5) is 1.51. The highest BCUT2D eigenvalue weighted by Crippen LogP contribution is 2.13. The van der Waals surface area contributed by atoms with Gasteiger partial charge in [-0.25, -0.2) is 0 Å². The van der Waals surface area contributed by atoms with E-state index in [1.807, 2.05) is 11.3 Å². The van der Waals surface area contributed by atoms with Crippen molar-refractivity contribution in [3.05, 3.63) is 22.4 Å². The minimum atomic E-state index is 0.356. The summed E-state index contributed by atoms with van der Waals surface area (Å²) < 4.78 is 0. The van der Waals surface area contributed by atoms with Gasteiger partial charge in [0.15, 0.2) is 0 Å². The molecule has 0 saturated carbocycles. The molecule has 0 amide bonds. The molecule has 1 N–H and O–H groups in total. The Morgan fingerprint density at radius 3 is 2.36 bits per heavy atom. The predicted molar refractivity (Wildman–Crippen MR) is 62.8 cm³/mol. The number of rotatable bonds is 8. The van der Waals surface area contributed by atoms with Crippen LogP contribution in [0.5, 0.6) is 0 Å². The molecule has 1 aromatic heterocycles. The second-order valence-corrected chi connectivity index (χ2v) is 4.71. The summed E-state index contributed by atoms with van der Waals surface area (Å²) in [6.07, 6.45) is 8.68. The number of hydrogen-bond donors (Lipinski definition) is 1. The van der Waals surface area contributed by atoms with Crippen LogP contribution < -0.4 is 0 Å². The van der Waals surface area contributed by atoms with Crippen molar-refractivity contribution in [2.75, 3.05) is 6.61 Å². The highest BCUT2D eigenvalue weighted by Gasteiger charge is 1.94. The number of unbranched alkanes of at least 4 members (excludes halogenated alkanes) is 5. The van der Waals surface area contributed by atoms with Crippen molar-refractivity contribution in [2.45, 2.75) is 44.9 Å². The van der Waals surface area contributed by atoms with E-state index >= 15 is 0 Å². The Morgan fingerprint density at radius 2 is 1.71 bits per heavy atom. The molecule has 0 bridgehead atoms. The molecule has 0 aliphatic carbocycles. The highest BCUT2D eigenvalue weighted by molar-refractivity contribution is 7.09. The van der Waals surface area contributed by atoms with Gasteiger partial charge in [0, 0.05) is 11.5 Å². The molecule has 0 saturated heterocycles. The SMILES string of the molecule is OCCCCCCCCc1cccs1. The minimum Gasteiger partial charge on any atom is -0.396 e. The molecular formula is C12H20OS. The normalized spacial score (nSPS) is 10.6. The van der Waals surface area contributed by atoms with Gasteiger partial charge in [0.1, 0.15) is 0 Å². The average molecular weight is 212 g/mol. The monoisotopic (exact) mass is 212 g/mol. The van der Waals surface area contributed by atoms with Crippen molar-refractivity contribution in [3.63, 3.8) is 0 Å². The second kappa shape index (κ2) is 8.01. The van der Waals surface area contributed by atoms with Gasteiger partial charge in [-0.1, -0.05) is 31.7 Å². The van der Waals surface area contributed by atoms with E-state index in [9.17, 15) is 0 Å². The Morgan fingerprint density at radius 1 is 1.00 bits per heavy atom. The first kappa shape index (κ1) is 11.7. The van der Waals surface area contributed by atoms with Gasteiger partial charge in [-0.15, -0.1) is 11.3 Å². The summed E-state index contributed by atoms with van der Waals surface area (Å²) in [5, 5.41) is 10.7. The molecule has 1 rings (SSSR count). The van der Waals surface area contributed by atoms with Crippen LogP contribution in [-0.2, 0) is 6.42 Å². The van der Waals surface area contributed by atoms with Crippen molar-refractivity contribution < 1.29 is 5.11 Å². The summed E-state index contributed by atoms with van der Waals surface area (Å²) >= 11 is 1.86. The maximum Gasteiger partial charge on any atom is 0.0431 e. The van der Waals surface area contributed by atoms with Crippen LogP contribution in [0.25, 0.3) is 0 Å². The lowest BCUT2D eigenvalue weighted by Crippen LogP contribution is -1.85. The summed E-state index contributed by atoms with van der Waals surface area (Å²) in [5.41, 5.74) is 0. The van der Waals surface area contributed by atoms with Gasteiger partial charge < -0.3 is 5.11 Å². The quantitative estimate of drug-likeness (QED) is 0.652. The molecule has 0 aromatic carbocycles. The fraction of sp³-hybridized carbons (Fsp3) is 0.667. The van der Waals surface area contributed by atoms with Crippen LogP contribution in [0.15, 0.2) is 17.5 Å². The van der Waals surface area contributed by atoms with E-state index < -0.39 is 0 Å². The van der Waals surface area contributed by atoms with Crippen molar-refractivity contribution in [1.29, 1.82) is 0 Å². The first-order valence-electron chi connectivity index (χ1n) is 5.56. The zero-order valence-corrected chi connectivity index (χ0v) is 9.56. The summed E-state index contributed by atoms with van der Waals surface area (Å²) in [6.45, 7) is 0.356. The van der Waals surface area contributed by atoms with Crippen LogP contribution >= 0.6 is 11.3 Å². The third-order valence-electron chi connectivity index (χ3n) is 2.41. The topological polar surface area (TPSA) is 20.2 Å². The van der Waals surface area contributed by atoms with Crippen molar-refractivity contribution >= 4 is 11.3 Å². The average Bonchev–Trinajstić information content (AvgIpc) is 2.69. The number of aliphatic hydroxyl groups is 1. The maximum absolute atomic E-state index is 8.60. The molecule has 0 aliphatic rings. The fourth-order valence-corrected chi connectivity index (χ4v) is 2.32. The van der Waals surface area contributed by atoms with E-state index in [-0.39, 0.29) is 0 Å². The number of aliphatic hydroxyl groups excluding tert-OH is 1. The van der Waals surface area contributed by atoms with Crippen LogP contribution in [0.2, 0.25) is 0 Å². The van der Waals surface area contributed by atoms with Gasteiger partial charge in [-0.2, -0.15) is 0 Å². The molecule has 0 unspecified atom stereocenters. The van der Waals surface area contributed by atoms with E-state index in [1.165, 1.54) is 43.4 Å². The van der Waals surface area contributed by atoms with E-state index in [4.69, 9.17) is 5.11 Å². The van der Waals surface area contributed by atoms with Gasteiger partial charge in [0.2, 0.25) is 0 Å². The minimum absolute atomic E-state index is 0.356. The van der Waals surface area contributed by atoms with Crippen molar-refractivity contribution in [1.82, 2.24) is 0 Å². The lowest BCUT2D eigenvalue weighted by molar-refractivity contribution is 0.282. The summed E-state index contributed by atoms with van der Waals surface area (Å²) in [6, 6.07) is 4.34. The molecule has 1 aromatic rings. The van der Waals surface area contributed by atoms with Crippen LogP contribution in [0.3, 0.4) is 0 Å². The first-order chi connectivity index (χ1) is 6.93. The molecule has 1 nitrogen and oxygen atoms in total. The lowest BCUT2D eigenvalue weighted by Gasteiger charge is -1.99. The second-order valence-electron chi connectivity index (χ2n) is 3.67. The van der Waals surface area contributed by atoms with Gasteiger partial charge in [-0.3, -0.25) is 0 Å². The molecule has 2 heteroatoms. The maximum atomic E-state index is 8.60. The zero-order chi connectivity index (χ0) is 10.1. The Kier molecular flexibility index (Phi) is 6.71. The highest BCUT2D eigenvalue weighted by atomic mass is 32.1. The standard InChI is InChI=1S/C12H20OS/c13-10-6-4-2-1-3-5-8-12-9-7-11-14-12/h7,9,11,13H,1-6,8,10H2. The van der Waals surface area contributed by atoms with Crippen molar-refractivity contribution in [2.24, 2.45) is 0 Å². The molecule has 0 spiro atoms. The lowest BCUT2D eigenvalue weighted by atomic mass is 10.1. The first-order valence-corrected chi connectivity index (χ1v) is 6.44. The molecule has 0 radical (unpaired) electrons. The van der Waals surface area contributed by atoms with Gasteiger partial charge in [0.25, 0.3) is 0 Å². The van der Waals surface area contributed by atoms with Gasteiger partial charge >= 0.3 is 0 Å². The Labute approximate surface area is 90.8 Å². The molecule has 0 aliphatic heterocycles. The molecule has 14 heavy (non-hydrogen) atoms. The Bertz CT molecular complexity index is 206. The molecule has 1 heterocycles. The summed E-state index contributed by atoms with van der Waals surface area (Å²) in [5.74, 6) is 0. The molecular weight excluding hydrogens is 192 g/mol. The zero-order valence-electron chi connectivity index (χ0n) is 8.74. The van der Waals surface area contributed by atoms with E-state index in [0.717, 1.165) is 6.42 Å². The Hall–Kier alpha value is -0.340. The van der Waals surface area contributed by atoms with Crippen LogP contribution in [0.1, 0.15) is 43.4 Å². The largest absolute Gasteiger partial charge is 0.396 e. The molecule has 0 fully saturated rings. The third-order valence-corrected chi connectivity index (χ3v) is 3.35. The van der Waals surface area contributed by atoms with Crippen LogP contribution in [0.4, 0.5) is 0 Å². The van der Waals surface area contributed by atoms with Crippen LogP contribution in [0, 0.1) is 0 Å². The van der Waals surface area contributed by atoms with Gasteiger partial charge in [-0.05, 0) is 30.7 Å². The molecule has 0 atom stereocenters. The predicted octanol–water partition coefficient (Wildman–Crippen LogP) is 3.62. The smallest absolute Gasteiger partial charge is 0.0431 e. The number of aryl methyl sites for hydroxylation is 1. The Balaban J connectivity index is 1.85. The van der Waals surface area contributed by atoms with Crippen LogP contribution in [-0.4, -0.2) is 11.7 Å². The van der Waals surface area contributed by atoms with Crippen molar-refractivity contribution in [3.8, 4) is 0 Å². The van der Waals surface area contributed by atoms with E-state index in [1.54, 1.807) is 0 Å². The van der Waals surface area contributed by atoms with E-state index in [0.29, 0.717) is 6.61 Å². The van der Waals surface area contributed by atoms with Gasteiger partial charge in [0.05, 0.1) is 0 Å². The van der Waals surface area contributed by atoms with E-state index in [2.05, 4.69) is 17.5 Å². The number of hydrogen-bond acceptors (Lipinski definition) is 2. The number of thiophene rings is 1. The molecule has 80 valence electrons.